The van der Waals surface area contributed by atoms with Gasteiger partial charge < -0.3 is 19.5 Å². The number of nitrogens with zero attached hydrogens (tertiary/aromatic N) is 4. The Balaban J connectivity index is 1.48. The quantitative estimate of drug-likeness (QED) is 0.626. The van der Waals surface area contributed by atoms with Gasteiger partial charge in [-0.15, -0.1) is 11.3 Å². The molecule has 0 radical (unpaired) electrons. The molecule has 0 bridgehead atoms. The largest absolute Gasteiger partial charge is 0.482 e. The number of nitrogens with one attached hydrogen (secondary N) is 1. The van der Waals surface area contributed by atoms with E-state index < -0.39 is 0 Å². The van der Waals surface area contributed by atoms with Crippen molar-refractivity contribution in [3.05, 3.63) is 52.9 Å². The first-order valence-corrected chi connectivity index (χ1v) is 11.5. The Hall–Kier alpha value is -3.46. The Morgan fingerprint density at radius 2 is 2.16 bits per heavy atom. The molecule has 3 aromatic rings. The van der Waals surface area contributed by atoms with Crippen molar-refractivity contribution in [3.8, 4) is 17.0 Å². The van der Waals surface area contributed by atoms with Crippen molar-refractivity contribution >= 4 is 34.5 Å². The van der Waals surface area contributed by atoms with E-state index in [9.17, 15) is 9.59 Å². The summed E-state index contributed by atoms with van der Waals surface area (Å²) in [5.41, 5.74) is 3.43. The molecule has 0 saturated carbocycles. The molecule has 164 valence electrons. The molecule has 1 saturated heterocycles. The predicted molar refractivity (Wildman–Crippen MR) is 122 cm³/mol. The minimum Gasteiger partial charge on any atom is -0.482 e. The number of aromatic nitrogens is 2. The number of hydrogen-bond donors (Lipinski definition) is 1. The van der Waals surface area contributed by atoms with E-state index in [0.29, 0.717) is 17.9 Å². The molecule has 2 amide bonds. The molecule has 0 aliphatic carbocycles. The molecule has 0 atom stereocenters. The molecule has 2 aromatic heterocycles. The number of fused-ring (bicyclic) bond motifs is 1. The van der Waals surface area contributed by atoms with Crippen molar-refractivity contribution in [1.29, 1.82) is 0 Å². The normalized spacial score (nSPS) is 16.1. The van der Waals surface area contributed by atoms with Gasteiger partial charge in [0.2, 0.25) is 5.91 Å². The van der Waals surface area contributed by atoms with Crippen LogP contribution in [0.4, 0.5) is 11.4 Å². The number of amides is 2. The number of anilines is 1. The number of carbonyl (C=O) groups is 2. The van der Waals surface area contributed by atoms with Crippen molar-refractivity contribution < 1.29 is 14.3 Å². The summed E-state index contributed by atoms with van der Waals surface area (Å²) in [5.74, 6) is 0.754. The topological polar surface area (TPSA) is 88.8 Å². The van der Waals surface area contributed by atoms with E-state index >= 15 is 0 Å². The van der Waals surface area contributed by atoms with Crippen molar-refractivity contribution in [2.24, 2.45) is 4.99 Å². The Bertz CT molecular complexity index is 1220. The van der Waals surface area contributed by atoms with Crippen LogP contribution in [0, 0.1) is 0 Å². The minimum absolute atomic E-state index is 0.0359. The van der Waals surface area contributed by atoms with Crippen LogP contribution in [0.2, 0.25) is 0 Å². The number of ether oxygens (including phenoxy) is 1. The van der Waals surface area contributed by atoms with Crippen molar-refractivity contribution in [2.45, 2.75) is 25.8 Å². The number of likely N-dealkylation sites (tertiary alicyclic amines) is 1. The van der Waals surface area contributed by atoms with Crippen molar-refractivity contribution in [1.82, 2.24) is 14.5 Å². The summed E-state index contributed by atoms with van der Waals surface area (Å²) >= 11 is 1.56. The molecule has 2 aliphatic heterocycles. The molecule has 0 spiro atoms. The van der Waals surface area contributed by atoms with Crippen LogP contribution in [0.3, 0.4) is 0 Å². The van der Waals surface area contributed by atoms with Crippen molar-refractivity contribution in [2.75, 3.05) is 25.0 Å². The van der Waals surface area contributed by atoms with Gasteiger partial charge in [0.15, 0.2) is 11.4 Å². The average Bonchev–Trinajstić information content (AvgIpc) is 3.40. The third kappa shape index (κ3) is 4.29. The number of rotatable bonds is 6. The fourth-order valence-corrected chi connectivity index (χ4v) is 4.95. The molecule has 9 heteroatoms. The number of hydrogen-bond acceptors (Lipinski definition) is 6. The third-order valence-corrected chi connectivity index (χ3v) is 6.42. The Labute approximate surface area is 189 Å². The fraction of sp³-hybridized carbons (Fsp3) is 0.304. The molecule has 1 fully saturated rings. The summed E-state index contributed by atoms with van der Waals surface area (Å²) < 4.78 is 7.67. The van der Waals surface area contributed by atoms with Gasteiger partial charge >= 0.3 is 0 Å². The van der Waals surface area contributed by atoms with E-state index in [1.54, 1.807) is 23.7 Å². The van der Waals surface area contributed by atoms with E-state index in [-0.39, 0.29) is 18.4 Å². The molecule has 1 aromatic carbocycles. The van der Waals surface area contributed by atoms with E-state index in [4.69, 9.17) is 9.73 Å². The van der Waals surface area contributed by atoms with Gasteiger partial charge in [0, 0.05) is 43.2 Å². The first kappa shape index (κ1) is 20.4. The number of thiazole rings is 1. The van der Waals surface area contributed by atoms with Crippen LogP contribution in [-0.2, 0) is 16.1 Å². The third-order valence-electron chi connectivity index (χ3n) is 5.56. The smallest absolute Gasteiger partial charge is 0.262 e. The van der Waals surface area contributed by atoms with E-state index in [1.807, 2.05) is 35.2 Å². The molecular formula is C23H23N5O3S. The highest BCUT2D eigenvalue weighted by molar-refractivity contribution is 7.07. The lowest BCUT2D eigenvalue weighted by Gasteiger charge is -2.19. The standard InChI is InChI=1S/C23H23N5O3S/c29-21-14-31-20-7-6-16(12-18(20)26-21)19-15-32-23(25-17-4-1-8-24-13-17)28(19)11-3-10-27-9-2-5-22(27)30/h1,4,6-8,12-13,15H,2-3,5,9-11,14H2,(H,26,29). The highest BCUT2D eigenvalue weighted by Gasteiger charge is 2.20. The summed E-state index contributed by atoms with van der Waals surface area (Å²) in [5, 5.41) is 4.95. The van der Waals surface area contributed by atoms with Gasteiger partial charge in [0.05, 0.1) is 23.3 Å². The number of carbonyl (C=O) groups excluding carboxylic acids is 2. The van der Waals surface area contributed by atoms with Gasteiger partial charge in [-0.25, -0.2) is 4.99 Å². The Morgan fingerprint density at radius 1 is 1.22 bits per heavy atom. The van der Waals surface area contributed by atoms with Gasteiger partial charge in [-0.05, 0) is 43.2 Å². The fourth-order valence-electron chi connectivity index (χ4n) is 4.00. The first-order chi connectivity index (χ1) is 15.7. The first-order valence-electron chi connectivity index (χ1n) is 10.7. The second-order valence-electron chi connectivity index (χ2n) is 7.76. The Kier molecular flexibility index (Phi) is 5.72. The molecule has 5 rings (SSSR count). The highest BCUT2D eigenvalue weighted by atomic mass is 32.1. The van der Waals surface area contributed by atoms with Gasteiger partial charge in [0.25, 0.3) is 5.91 Å². The summed E-state index contributed by atoms with van der Waals surface area (Å²) in [6.07, 6.45) is 5.89. The second kappa shape index (κ2) is 8.96. The SMILES string of the molecule is O=C1COc2ccc(-c3csc(=Nc4cccnc4)n3CCCN3CCCC3=O)cc2N1. The molecule has 32 heavy (non-hydrogen) atoms. The van der Waals surface area contributed by atoms with Gasteiger partial charge in [-0.2, -0.15) is 0 Å². The van der Waals surface area contributed by atoms with Crippen LogP contribution in [-0.4, -0.2) is 46.0 Å². The lowest BCUT2D eigenvalue weighted by molar-refractivity contribution is -0.127. The molecule has 8 nitrogen and oxygen atoms in total. The van der Waals surface area contributed by atoms with E-state index in [2.05, 4.69) is 20.2 Å². The monoisotopic (exact) mass is 449 g/mol. The summed E-state index contributed by atoms with van der Waals surface area (Å²) in [6, 6.07) is 9.59. The predicted octanol–water partition coefficient (Wildman–Crippen LogP) is 3.19. The van der Waals surface area contributed by atoms with Crippen LogP contribution in [0.15, 0.2) is 53.1 Å². The van der Waals surface area contributed by atoms with Crippen LogP contribution in [0.1, 0.15) is 19.3 Å². The maximum atomic E-state index is 12.0. The van der Waals surface area contributed by atoms with Gasteiger partial charge in [-0.1, -0.05) is 0 Å². The van der Waals surface area contributed by atoms with E-state index in [0.717, 1.165) is 54.2 Å². The molecule has 4 heterocycles. The van der Waals surface area contributed by atoms with Crippen LogP contribution >= 0.6 is 11.3 Å². The minimum atomic E-state index is -0.157. The lowest BCUT2D eigenvalue weighted by Crippen LogP contribution is -2.27. The zero-order chi connectivity index (χ0) is 21.9. The lowest BCUT2D eigenvalue weighted by atomic mass is 10.1. The van der Waals surface area contributed by atoms with Crippen LogP contribution in [0.25, 0.3) is 11.3 Å². The van der Waals surface area contributed by atoms with Gasteiger partial charge in [-0.3, -0.25) is 14.6 Å². The summed E-state index contributed by atoms with van der Waals surface area (Å²) in [7, 11) is 0. The average molecular weight is 450 g/mol. The van der Waals surface area contributed by atoms with Crippen molar-refractivity contribution in [3.63, 3.8) is 0 Å². The van der Waals surface area contributed by atoms with Crippen LogP contribution < -0.4 is 14.9 Å². The second-order valence-corrected chi connectivity index (χ2v) is 8.60. The summed E-state index contributed by atoms with van der Waals surface area (Å²) in [4.78, 5) is 35.5. The Morgan fingerprint density at radius 3 is 2.97 bits per heavy atom. The molecular weight excluding hydrogens is 426 g/mol. The van der Waals surface area contributed by atoms with Crippen LogP contribution in [0.5, 0.6) is 5.75 Å². The van der Waals surface area contributed by atoms with E-state index in [1.165, 1.54) is 0 Å². The number of pyridine rings is 1. The number of benzene rings is 1. The zero-order valence-corrected chi connectivity index (χ0v) is 18.3. The molecule has 0 unspecified atom stereocenters. The molecule has 2 aliphatic rings. The van der Waals surface area contributed by atoms with Gasteiger partial charge in [0.1, 0.15) is 5.75 Å². The maximum absolute atomic E-state index is 12.0. The maximum Gasteiger partial charge on any atom is 0.262 e. The zero-order valence-electron chi connectivity index (χ0n) is 17.5. The molecule has 1 N–H and O–H groups in total. The summed E-state index contributed by atoms with van der Waals surface area (Å²) in [6.45, 7) is 2.34. The highest BCUT2D eigenvalue weighted by Crippen LogP contribution is 2.33.